The highest BCUT2D eigenvalue weighted by atomic mass is 35.5. The number of nitrogens with two attached hydrogens (primary N) is 1. The van der Waals surface area contributed by atoms with Crippen LogP contribution >= 0.6 is 23.2 Å². The largest absolute Gasteiger partial charge is 0.375 e. The molecule has 0 aromatic heterocycles. The van der Waals surface area contributed by atoms with E-state index in [1.807, 2.05) is 13.0 Å². The smallest absolute Gasteiger partial charge is 0.278 e. The summed E-state index contributed by atoms with van der Waals surface area (Å²) in [6.07, 6.45) is -2.15. The van der Waals surface area contributed by atoms with Crippen LogP contribution in [0.25, 0.3) is 0 Å². The molecule has 1 heterocycles. The van der Waals surface area contributed by atoms with Gasteiger partial charge in [0.2, 0.25) is 0 Å². The molecule has 1 aliphatic rings. The molecule has 0 spiro atoms. The quantitative estimate of drug-likeness (QED) is 0.875. The van der Waals surface area contributed by atoms with E-state index in [9.17, 15) is 8.78 Å². The van der Waals surface area contributed by atoms with Crippen molar-refractivity contribution in [3.05, 3.63) is 33.8 Å². The monoisotopic (exact) mass is 367 g/mol. The molecule has 130 valence electrons. The van der Waals surface area contributed by atoms with Gasteiger partial charge < -0.3 is 10.5 Å². The van der Waals surface area contributed by atoms with Gasteiger partial charge in [-0.2, -0.15) is 5.10 Å². The average Bonchev–Trinajstić information content (AvgIpc) is 2.89. The van der Waals surface area contributed by atoms with E-state index in [4.69, 9.17) is 33.7 Å². The van der Waals surface area contributed by atoms with Gasteiger partial charge in [-0.25, -0.2) is 8.78 Å². The summed E-state index contributed by atoms with van der Waals surface area (Å²) < 4.78 is 28.8. The zero-order valence-electron chi connectivity index (χ0n) is 13.3. The normalized spacial score (nSPS) is 16.7. The average molecular weight is 368 g/mol. The first kappa shape index (κ1) is 20.1. The maximum absolute atomic E-state index is 11.8. The maximum Gasteiger partial charge on any atom is 0.278 e. The zero-order valence-corrected chi connectivity index (χ0v) is 14.8. The lowest BCUT2D eigenvalue weighted by molar-refractivity contribution is 0.0854. The third-order valence-corrected chi connectivity index (χ3v) is 3.81. The summed E-state index contributed by atoms with van der Waals surface area (Å²) in [7, 11) is 3.30. The van der Waals surface area contributed by atoms with Crippen molar-refractivity contribution in [1.82, 2.24) is 5.01 Å². The number of benzene rings is 1. The lowest BCUT2D eigenvalue weighted by atomic mass is 10.0. The Kier molecular flexibility index (Phi) is 8.19. The van der Waals surface area contributed by atoms with E-state index in [1.165, 1.54) is 5.01 Å². The summed E-state index contributed by atoms with van der Waals surface area (Å²) in [6.45, 7) is 2.50. The summed E-state index contributed by atoms with van der Waals surface area (Å²) in [5, 5.41) is 6.31. The Morgan fingerprint density at radius 1 is 1.35 bits per heavy atom. The van der Waals surface area contributed by atoms with Crippen LogP contribution in [0.4, 0.5) is 8.78 Å². The molecule has 0 fully saturated rings. The molecule has 23 heavy (non-hydrogen) atoms. The summed E-state index contributed by atoms with van der Waals surface area (Å²) in [5.74, 6) is 0. The van der Waals surface area contributed by atoms with Gasteiger partial charge in [0.1, 0.15) is 5.71 Å². The number of rotatable bonds is 4. The van der Waals surface area contributed by atoms with Crippen molar-refractivity contribution in [1.29, 1.82) is 0 Å². The molecule has 8 heteroatoms. The first-order valence-corrected chi connectivity index (χ1v) is 7.81. The third kappa shape index (κ3) is 6.22. The van der Waals surface area contributed by atoms with Crippen LogP contribution in [-0.4, -0.2) is 43.9 Å². The molecule has 0 saturated carbocycles. The van der Waals surface area contributed by atoms with Gasteiger partial charge in [-0.05, 0) is 19.1 Å². The second kappa shape index (κ2) is 9.37. The van der Waals surface area contributed by atoms with E-state index in [-0.39, 0.29) is 17.9 Å². The molecule has 0 saturated heterocycles. The van der Waals surface area contributed by atoms with Crippen LogP contribution in [0.3, 0.4) is 0 Å². The summed E-state index contributed by atoms with van der Waals surface area (Å²) in [5.41, 5.74) is 6.65. The molecule has 1 aliphatic heterocycles. The predicted octanol–water partition coefficient (Wildman–Crippen LogP) is 3.97. The number of hydrazone groups is 1. The number of nitrogens with zero attached hydrogens (tertiary/aromatic N) is 2. The summed E-state index contributed by atoms with van der Waals surface area (Å²) in [4.78, 5) is 0. The predicted molar refractivity (Wildman–Crippen MR) is 90.5 cm³/mol. The van der Waals surface area contributed by atoms with Crippen LogP contribution in [0.15, 0.2) is 23.3 Å². The summed E-state index contributed by atoms with van der Waals surface area (Å²) >= 11 is 11.8. The number of hydrogen-bond donors (Lipinski definition) is 1. The topological polar surface area (TPSA) is 50.8 Å². The minimum Gasteiger partial charge on any atom is -0.375 e. The SMILES string of the molecule is CN1CCC(C(F)F)=N1.COC(c1ccc(Cl)cc1Cl)C(C)N. The fourth-order valence-electron chi connectivity index (χ4n) is 2.11. The van der Waals surface area contributed by atoms with Gasteiger partial charge in [0.15, 0.2) is 0 Å². The van der Waals surface area contributed by atoms with Gasteiger partial charge in [0, 0.05) is 48.8 Å². The fourth-order valence-corrected chi connectivity index (χ4v) is 2.62. The molecule has 1 aromatic rings. The molecule has 0 aliphatic carbocycles. The van der Waals surface area contributed by atoms with Gasteiger partial charge in [-0.3, -0.25) is 5.01 Å². The van der Waals surface area contributed by atoms with E-state index in [0.717, 1.165) is 5.56 Å². The van der Waals surface area contributed by atoms with E-state index in [2.05, 4.69) is 5.10 Å². The molecule has 2 N–H and O–H groups in total. The highest BCUT2D eigenvalue weighted by Gasteiger charge is 2.19. The third-order valence-electron chi connectivity index (χ3n) is 3.24. The molecular formula is C15H21Cl2F2N3O. The van der Waals surface area contributed by atoms with Crippen molar-refractivity contribution < 1.29 is 13.5 Å². The van der Waals surface area contributed by atoms with Crippen LogP contribution in [0.5, 0.6) is 0 Å². The Hall–Kier alpha value is -0.950. The maximum atomic E-state index is 11.8. The van der Waals surface area contributed by atoms with Crippen LogP contribution in [0.2, 0.25) is 10.0 Å². The lowest BCUT2D eigenvalue weighted by Crippen LogP contribution is -2.26. The number of alkyl halides is 2. The minimum atomic E-state index is -2.37. The van der Waals surface area contributed by atoms with Gasteiger partial charge in [0.05, 0.1) is 6.10 Å². The molecule has 2 rings (SSSR count). The van der Waals surface area contributed by atoms with E-state index in [1.54, 1.807) is 26.3 Å². The standard InChI is InChI=1S/C10H13Cl2NO.C5H8F2N2/c1-6(13)10(14-2)8-4-3-7(11)5-9(8)12;1-9-3-2-4(8-9)5(6)7/h3-6,10H,13H2,1-2H3;5H,2-3H2,1H3. The molecular weight excluding hydrogens is 347 g/mol. The van der Waals surface area contributed by atoms with Crippen molar-refractivity contribution in [2.45, 2.75) is 31.9 Å². The van der Waals surface area contributed by atoms with Crippen LogP contribution < -0.4 is 5.73 Å². The highest BCUT2D eigenvalue weighted by molar-refractivity contribution is 6.35. The number of halogens is 4. The highest BCUT2D eigenvalue weighted by Crippen LogP contribution is 2.29. The molecule has 2 atom stereocenters. The first-order valence-electron chi connectivity index (χ1n) is 7.06. The zero-order chi connectivity index (χ0) is 17.6. The summed E-state index contributed by atoms with van der Waals surface area (Å²) in [6, 6.07) is 5.19. The molecule has 4 nitrogen and oxygen atoms in total. The van der Waals surface area contributed by atoms with Crippen molar-refractivity contribution in [2.24, 2.45) is 10.8 Å². The minimum absolute atomic E-state index is 0.0116. The second-order valence-electron chi connectivity index (χ2n) is 5.20. The van der Waals surface area contributed by atoms with Gasteiger partial charge in [-0.15, -0.1) is 0 Å². The molecule has 1 aromatic carbocycles. The van der Waals surface area contributed by atoms with E-state index >= 15 is 0 Å². The Bertz CT molecular complexity index is 541. The Morgan fingerprint density at radius 3 is 2.35 bits per heavy atom. The number of hydrogen-bond acceptors (Lipinski definition) is 4. The van der Waals surface area contributed by atoms with E-state index < -0.39 is 6.43 Å². The van der Waals surface area contributed by atoms with Crippen LogP contribution in [0, 0.1) is 0 Å². The van der Waals surface area contributed by atoms with Crippen LogP contribution in [-0.2, 0) is 4.74 Å². The first-order chi connectivity index (χ1) is 10.8. The fraction of sp³-hybridized carbons (Fsp3) is 0.533. The van der Waals surface area contributed by atoms with Gasteiger partial charge in [0.25, 0.3) is 6.43 Å². The van der Waals surface area contributed by atoms with Crippen molar-refractivity contribution in [3.8, 4) is 0 Å². The molecule has 2 unspecified atom stereocenters. The second-order valence-corrected chi connectivity index (χ2v) is 6.05. The number of methoxy groups -OCH3 is 1. The molecule has 0 bridgehead atoms. The van der Waals surface area contributed by atoms with Gasteiger partial charge in [-0.1, -0.05) is 29.3 Å². The lowest BCUT2D eigenvalue weighted by Gasteiger charge is -2.20. The van der Waals surface area contributed by atoms with Crippen molar-refractivity contribution >= 4 is 28.9 Å². The molecule has 0 radical (unpaired) electrons. The van der Waals surface area contributed by atoms with Crippen LogP contribution in [0.1, 0.15) is 25.0 Å². The number of ether oxygens (including phenoxy) is 1. The Labute approximate surface area is 145 Å². The Balaban J connectivity index is 0.000000253. The van der Waals surface area contributed by atoms with Crippen molar-refractivity contribution in [2.75, 3.05) is 20.7 Å². The Morgan fingerprint density at radius 2 is 2.00 bits per heavy atom. The van der Waals surface area contributed by atoms with Crippen molar-refractivity contribution in [3.63, 3.8) is 0 Å². The van der Waals surface area contributed by atoms with E-state index in [0.29, 0.717) is 23.0 Å². The van der Waals surface area contributed by atoms with Gasteiger partial charge >= 0.3 is 0 Å². The molecule has 0 amide bonds.